The second-order valence-electron chi connectivity index (χ2n) is 14.0. The van der Waals surface area contributed by atoms with E-state index >= 15 is 0 Å². The Morgan fingerprint density at radius 2 is 1.71 bits per heavy atom. The van der Waals surface area contributed by atoms with Crippen molar-refractivity contribution in [3.8, 4) is 34.4 Å². The van der Waals surface area contributed by atoms with Gasteiger partial charge in [0, 0.05) is 74.3 Å². The molecule has 1 fully saturated rings. The lowest BCUT2D eigenvalue weighted by molar-refractivity contribution is -0.146. The van der Waals surface area contributed by atoms with E-state index in [9.17, 15) is 25.1 Å². The van der Waals surface area contributed by atoms with E-state index in [-0.39, 0.29) is 36.7 Å². The molecule has 14 heteroatoms. The number of carboxylic acids is 1. The summed E-state index contributed by atoms with van der Waals surface area (Å²) in [4.78, 5) is 29.7. The van der Waals surface area contributed by atoms with Crippen molar-refractivity contribution < 1.29 is 34.0 Å². The highest BCUT2D eigenvalue weighted by atomic mass is 35.5. The van der Waals surface area contributed by atoms with Crippen LogP contribution in [-0.2, 0) is 29.3 Å². The Balaban J connectivity index is 1.27. The summed E-state index contributed by atoms with van der Waals surface area (Å²) in [6, 6.07) is 18.9. The monoisotopic (exact) mass is 803 g/mol. The molecule has 296 valence electrons. The Labute approximate surface area is 337 Å². The molecule has 4 N–H and O–H groups in total. The van der Waals surface area contributed by atoms with Crippen molar-refractivity contribution in [3.63, 3.8) is 0 Å². The van der Waals surface area contributed by atoms with Crippen molar-refractivity contribution in [1.82, 2.24) is 20.5 Å². The van der Waals surface area contributed by atoms with Crippen molar-refractivity contribution >= 4 is 35.1 Å². The molecule has 5 rings (SSSR count). The number of amides is 1. The van der Waals surface area contributed by atoms with E-state index in [1.165, 1.54) is 13.1 Å². The minimum Gasteiger partial charge on any atom is -0.492 e. The molecule has 1 aliphatic heterocycles. The third-order valence-electron chi connectivity index (χ3n) is 9.84. The van der Waals surface area contributed by atoms with Crippen molar-refractivity contribution in [2.24, 2.45) is 0 Å². The molecule has 1 amide bonds. The molecule has 56 heavy (non-hydrogen) atoms. The summed E-state index contributed by atoms with van der Waals surface area (Å²) in [7, 11) is 0. The zero-order valence-corrected chi connectivity index (χ0v) is 33.3. The van der Waals surface area contributed by atoms with Crippen LogP contribution >= 0.6 is 23.2 Å². The molecule has 0 unspecified atom stereocenters. The number of aliphatic carboxylic acids is 1. The molecule has 0 bridgehead atoms. The lowest BCUT2D eigenvalue weighted by atomic mass is 9.96. The van der Waals surface area contributed by atoms with Crippen LogP contribution in [0.1, 0.15) is 60.9 Å². The van der Waals surface area contributed by atoms with Gasteiger partial charge in [-0.2, -0.15) is 5.26 Å². The standard InChI is InChI=1S/C42H47Cl2N5O7/c1-27-31(7-4-8-34(27)35-9-5-10-37(40(35)44)54-16-6-13-49-14-11-33(12-15-49)48-28(2)51)25-56-39-19-38(55-24-30-17-29(20-45)21-46-22-30)32(18-36(39)43)23-47-42(3,26-50)41(52)53/h4-5,7-10,17-19,21-22,33,47,50H,6,11-16,23-26H2,1-3H3,(H,48,51)(H,52,53)/t42-/m0/s1. The number of likely N-dealkylation sites (tertiary alicyclic amines) is 1. The molecular formula is C42H47Cl2N5O7. The largest absolute Gasteiger partial charge is 0.492 e. The van der Waals surface area contributed by atoms with Gasteiger partial charge < -0.3 is 34.6 Å². The third-order valence-corrected chi connectivity index (χ3v) is 10.5. The van der Waals surface area contributed by atoms with Gasteiger partial charge in [-0.05, 0) is 68.0 Å². The number of piperidine rings is 1. The van der Waals surface area contributed by atoms with Crippen LogP contribution in [0, 0.1) is 18.3 Å². The number of aliphatic hydroxyl groups excluding tert-OH is 1. The van der Waals surface area contributed by atoms with Crippen LogP contribution in [0.4, 0.5) is 0 Å². The lowest BCUT2D eigenvalue weighted by Crippen LogP contribution is -2.52. The van der Waals surface area contributed by atoms with E-state index in [0.717, 1.165) is 61.2 Å². The summed E-state index contributed by atoms with van der Waals surface area (Å²) in [5.74, 6) is 0.128. The zero-order chi connectivity index (χ0) is 40.2. The van der Waals surface area contributed by atoms with Crippen LogP contribution in [0.5, 0.6) is 17.2 Å². The van der Waals surface area contributed by atoms with E-state index in [1.54, 1.807) is 31.3 Å². The molecule has 12 nitrogen and oxygen atoms in total. The summed E-state index contributed by atoms with van der Waals surface area (Å²) in [6.45, 7) is 7.88. The topological polar surface area (TPSA) is 166 Å². The van der Waals surface area contributed by atoms with E-state index in [0.29, 0.717) is 45.6 Å². The minimum atomic E-state index is -1.60. The maximum atomic E-state index is 11.8. The molecule has 1 atom stereocenters. The van der Waals surface area contributed by atoms with Gasteiger partial charge in [-0.25, -0.2) is 0 Å². The second-order valence-corrected chi connectivity index (χ2v) is 14.8. The van der Waals surface area contributed by atoms with Crippen LogP contribution in [-0.4, -0.2) is 76.4 Å². The number of carbonyl (C=O) groups excluding carboxylic acids is 1. The number of hydrogen-bond donors (Lipinski definition) is 4. The van der Waals surface area contributed by atoms with Gasteiger partial charge >= 0.3 is 5.97 Å². The molecule has 2 heterocycles. The van der Waals surface area contributed by atoms with Gasteiger partial charge in [-0.3, -0.25) is 19.9 Å². The Hall–Kier alpha value is -4.90. The summed E-state index contributed by atoms with van der Waals surface area (Å²) in [5, 5.41) is 35.4. The van der Waals surface area contributed by atoms with Gasteiger partial charge in [-0.15, -0.1) is 0 Å². The second kappa shape index (κ2) is 19.8. The van der Waals surface area contributed by atoms with Gasteiger partial charge in [0.15, 0.2) is 0 Å². The first-order chi connectivity index (χ1) is 26.9. The van der Waals surface area contributed by atoms with Crippen LogP contribution in [0.3, 0.4) is 0 Å². The molecular weight excluding hydrogens is 757 g/mol. The Morgan fingerprint density at radius 1 is 0.982 bits per heavy atom. The van der Waals surface area contributed by atoms with E-state index in [4.69, 9.17) is 37.4 Å². The molecule has 4 aromatic rings. The molecule has 3 aromatic carbocycles. The number of benzene rings is 3. The number of pyridine rings is 1. The van der Waals surface area contributed by atoms with E-state index < -0.39 is 18.1 Å². The van der Waals surface area contributed by atoms with Crippen LogP contribution in [0.2, 0.25) is 10.0 Å². The first-order valence-electron chi connectivity index (χ1n) is 18.4. The zero-order valence-electron chi connectivity index (χ0n) is 31.7. The molecule has 0 spiro atoms. The van der Waals surface area contributed by atoms with Gasteiger partial charge in [0.25, 0.3) is 0 Å². The van der Waals surface area contributed by atoms with Crippen LogP contribution < -0.4 is 24.8 Å². The highest BCUT2D eigenvalue weighted by Crippen LogP contribution is 2.39. The van der Waals surface area contributed by atoms with Crippen LogP contribution in [0.25, 0.3) is 11.1 Å². The maximum absolute atomic E-state index is 11.8. The fraction of sp³-hybridized carbons (Fsp3) is 0.381. The number of halogens is 2. The maximum Gasteiger partial charge on any atom is 0.326 e. The molecule has 0 radical (unpaired) electrons. The molecule has 1 aromatic heterocycles. The van der Waals surface area contributed by atoms with Gasteiger partial charge in [0.2, 0.25) is 5.91 Å². The normalized spacial score (nSPS) is 14.4. The number of nitrogens with one attached hydrogen (secondary N) is 2. The average molecular weight is 805 g/mol. The molecule has 0 saturated carbocycles. The number of carbonyl (C=O) groups is 2. The van der Waals surface area contributed by atoms with Gasteiger partial charge in [-0.1, -0.05) is 53.5 Å². The summed E-state index contributed by atoms with van der Waals surface area (Å²) in [6.07, 6.45) is 5.79. The molecule has 1 aliphatic rings. The number of nitriles is 1. The Kier molecular flexibility index (Phi) is 14.9. The number of ether oxygens (including phenoxy) is 3. The number of carboxylic acid groups (broad SMARTS) is 1. The fourth-order valence-electron chi connectivity index (χ4n) is 6.41. The highest BCUT2D eigenvalue weighted by Gasteiger charge is 2.32. The van der Waals surface area contributed by atoms with Crippen molar-refractivity contribution in [1.29, 1.82) is 5.26 Å². The summed E-state index contributed by atoms with van der Waals surface area (Å²) >= 11 is 13.7. The molecule has 0 aliphatic carbocycles. The van der Waals surface area contributed by atoms with Gasteiger partial charge in [0.1, 0.15) is 42.1 Å². The average Bonchev–Trinajstić information content (AvgIpc) is 3.19. The number of rotatable bonds is 18. The SMILES string of the molecule is CC(=O)NC1CCN(CCCOc2cccc(-c3cccc(COc4cc(OCc5cncc(C#N)c5)c(CN[C@@](C)(CO)C(=O)O)cc4Cl)c3C)c2Cl)CC1. The smallest absolute Gasteiger partial charge is 0.326 e. The van der Waals surface area contributed by atoms with E-state index in [1.807, 2.05) is 43.3 Å². The minimum absolute atomic E-state index is 0.0137. The fourth-order valence-corrected chi connectivity index (χ4v) is 6.94. The quantitative estimate of drug-likeness (QED) is 0.0792. The predicted molar refractivity (Wildman–Crippen MR) is 214 cm³/mol. The number of aliphatic hydroxyl groups is 1. The Morgan fingerprint density at radius 3 is 2.43 bits per heavy atom. The number of hydrogen-bond acceptors (Lipinski definition) is 10. The molecule has 1 saturated heterocycles. The summed E-state index contributed by atoms with van der Waals surface area (Å²) in [5.41, 5.74) is 3.60. The van der Waals surface area contributed by atoms with Gasteiger partial charge in [0.05, 0.1) is 28.8 Å². The van der Waals surface area contributed by atoms with Crippen molar-refractivity contribution in [3.05, 3.63) is 105 Å². The predicted octanol–water partition coefficient (Wildman–Crippen LogP) is 6.69. The van der Waals surface area contributed by atoms with Crippen molar-refractivity contribution in [2.75, 3.05) is 32.8 Å². The third kappa shape index (κ3) is 11.1. The van der Waals surface area contributed by atoms with Crippen molar-refractivity contribution in [2.45, 2.75) is 71.4 Å². The number of aromatic nitrogens is 1. The summed E-state index contributed by atoms with van der Waals surface area (Å²) < 4.78 is 18.6. The first kappa shape index (κ1) is 42.2. The highest BCUT2D eigenvalue weighted by molar-refractivity contribution is 6.35. The Bertz CT molecular complexity index is 2050. The van der Waals surface area contributed by atoms with Crippen LogP contribution in [0.15, 0.2) is 67.0 Å². The lowest BCUT2D eigenvalue weighted by Gasteiger charge is -2.32. The van der Waals surface area contributed by atoms with E-state index in [2.05, 4.69) is 26.6 Å². The first-order valence-corrected chi connectivity index (χ1v) is 19.2. The number of nitrogens with zero attached hydrogens (tertiary/aromatic N) is 3.